The highest BCUT2D eigenvalue weighted by molar-refractivity contribution is 14.1. The molecule has 0 radical (unpaired) electrons. The lowest BCUT2D eigenvalue weighted by molar-refractivity contribution is 0.374. The summed E-state index contributed by atoms with van der Waals surface area (Å²) < 4.78 is 5.18. The van der Waals surface area contributed by atoms with Crippen molar-refractivity contribution in [1.29, 1.82) is 0 Å². The fourth-order valence-corrected chi connectivity index (χ4v) is 1.68. The van der Waals surface area contributed by atoms with E-state index in [0.29, 0.717) is 3.57 Å². The van der Waals surface area contributed by atoms with Gasteiger partial charge in [-0.25, -0.2) is 9.59 Å². The Balaban J connectivity index is 3.63. The van der Waals surface area contributed by atoms with Crippen LogP contribution >= 0.6 is 22.6 Å². The Bertz CT molecular complexity index is 517. The van der Waals surface area contributed by atoms with Gasteiger partial charge in [0, 0.05) is 6.07 Å². The predicted molar refractivity (Wildman–Crippen MR) is 62.9 cm³/mol. The molecule has 0 bridgehead atoms. The number of methoxy groups -OCH3 is 1. The summed E-state index contributed by atoms with van der Waals surface area (Å²) in [6.45, 7) is 0. The number of aromatic hydroxyl groups is 1. The molecule has 16 heavy (non-hydrogen) atoms. The maximum absolute atomic E-state index is 10.2. The molecule has 1 aromatic rings. The average molecular weight is 332 g/mol. The zero-order chi connectivity index (χ0) is 12.1. The molecular weight excluding hydrogens is 327 g/mol. The molecule has 6 nitrogen and oxygen atoms in total. The first-order valence-corrected chi connectivity index (χ1v) is 4.98. The highest BCUT2D eigenvalue weighted by Crippen LogP contribution is 2.44. The summed E-state index contributed by atoms with van der Waals surface area (Å²) in [5.41, 5.74) is 0.170. The van der Waals surface area contributed by atoms with E-state index in [2.05, 4.69) is 9.98 Å². The molecule has 7 heteroatoms. The smallest absolute Gasteiger partial charge is 0.240 e. The second kappa shape index (κ2) is 5.41. The highest BCUT2D eigenvalue weighted by Gasteiger charge is 2.16. The molecule has 0 spiro atoms. The Morgan fingerprint density at radius 1 is 1.38 bits per heavy atom. The first kappa shape index (κ1) is 12.4. The molecule has 0 unspecified atom stereocenters. The molecular formula is C9H5IN2O4. The normalized spacial score (nSPS) is 8.88. The van der Waals surface area contributed by atoms with Crippen molar-refractivity contribution in [2.45, 2.75) is 0 Å². The van der Waals surface area contributed by atoms with E-state index in [1.807, 2.05) is 0 Å². The van der Waals surface area contributed by atoms with Gasteiger partial charge in [0.05, 0.1) is 16.4 Å². The van der Waals surface area contributed by atoms with Crippen LogP contribution in [0.2, 0.25) is 0 Å². The van der Waals surface area contributed by atoms with E-state index >= 15 is 0 Å². The number of aliphatic imine (C=N–C) groups is 2. The lowest BCUT2D eigenvalue weighted by atomic mass is 10.2. The lowest BCUT2D eigenvalue weighted by Gasteiger charge is -2.08. The van der Waals surface area contributed by atoms with Gasteiger partial charge in [-0.05, 0) is 22.6 Å². The van der Waals surface area contributed by atoms with E-state index < -0.39 is 0 Å². The monoisotopic (exact) mass is 332 g/mol. The number of rotatable bonds is 3. The predicted octanol–water partition coefficient (Wildman–Crippen LogP) is 1.94. The van der Waals surface area contributed by atoms with Crippen molar-refractivity contribution < 1.29 is 19.4 Å². The van der Waals surface area contributed by atoms with Crippen LogP contribution in [-0.4, -0.2) is 24.4 Å². The molecule has 0 fully saturated rings. The molecule has 0 aliphatic heterocycles. The van der Waals surface area contributed by atoms with Gasteiger partial charge in [-0.2, -0.15) is 9.98 Å². The van der Waals surface area contributed by atoms with Crippen molar-refractivity contribution in [2.24, 2.45) is 9.98 Å². The minimum Gasteiger partial charge on any atom is -0.503 e. The van der Waals surface area contributed by atoms with Crippen LogP contribution in [0.3, 0.4) is 0 Å². The van der Waals surface area contributed by atoms with Gasteiger partial charge in [0.1, 0.15) is 5.69 Å². The molecule has 0 aliphatic rings. The topological polar surface area (TPSA) is 88.3 Å². The maximum atomic E-state index is 10.2. The Kier molecular flexibility index (Phi) is 4.19. The molecule has 1 aromatic carbocycles. The van der Waals surface area contributed by atoms with Crippen molar-refractivity contribution in [2.75, 3.05) is 7.11 Å². The fraction of sp³-hybridized carbons (Fsp3) is 0.111. The number of carbonyl (C=O) groups excluding carboxylic acids is 2. The molecule has 0 atom stereocenters. The molecule has 0 aliphatic carbocycles. The molecule has 0 saturated carbocycles. The van der Waals surface area contributed by atoms with Crippen molar-refractivity contribution in [1.82, 2.24) is 0 Å². The summed E-state index contributed by atoms with van der Waals surface area (Å²) >= 11 is 1.79. The summed E-state index contributed by atoms with van der Waals surface area (Å²) in [6.07, 6.45) is 2.66. The summed E-state index contributed by atoms with van der Waals surface area (Å²) in [5, 5.41) is 9.65. The highest BCUT2D eigenvalue weighted by atomic mass is 127. The third-order valence-electron chi connectivity index (χ3n) is 1.70. The Morgan fingerprint density at radius 2 is 2.00 bits per heavy atom. The Labute approximate surface area is 104 Å². The van der Waals surface area contributed by atoms with E-state index in [4.69, 9.17) is 4.74 Å². The fourth-order valence-electron chi connectivity index (χ4n) is 1.03. The van der Waals surface area contributed by atoms with Crippen LogP contribution in [0.4, 0.5) is 11.4 Å². The van der Waals surface area contributed by atoms with Crippen molar-refractivity contribution in [3.8, 4) is 11.5 Å². The number of halogens is 1. The van der Waals surface area contributed by atoms with E-state index in [9.17, 15) is 14.7 Å². The van der Waals surface area contributed by atoms with Gasteiger partial charge in [-0.3, -0.25) is 0 Å². The zero-order valence-corrected chi connectivity index (χ0v) is 10.2. The quantitative estimate of drug-likeness (QED) is 0.520. The number of hydrogen-bond acceptors (Lipinski definition) is 6. The molecule has 1 N–H and O–H groups in total. The van der Waals surface area contributed by atoms with E-state index in [-0.39, 0.29) is 22.9 Å². The van der Waals surface area contributed by atoms with E-state index in [1.165, 1.54) is 25.3 Å². The third-order valence-corrected chi connectivity index (χ3v) is 2.77. The zero-order valence-electron chi connectivity index (χ0n) is 8.02. The SMILES string of the molecule is COc1cc(N=C=O)c(I)c(N=C=O)c1O. The molecule has 0 amide bonds. The van der Waals surface area contributed by atoms with E-state index in [0.717, 1.165) is 0 Å². The van der Waals surface area contributed by atoms with Gasteiger partial charge in [-0.1, -0.05) is 0 Å². The number of ether oxygens (including phenoxy) is 1. The first-order chi connectivity index (χ1) is 7.65. The summed E-state index contributed by atoms with van der Waals surface area (Å²) in [7, 11) is 1.32. The van der Waals surface area contributed by atoms with Crippen LogP contribution in [0.15, 0.2) is 16.1 Å². The van der Waals surface area contributed by atoms with Crippen LogP contribution in [0.1, 0.15) is 0 Å². The van der Waals surface area contributed by atoms with Gasteiger partial charge in [0.15, 0.2) is 11.5 Å². The molecule has 0 saturated heterocycles. The van der Waals surface area contributed by atoms with Gasteiger partial charge in [-0.15, -0.1) is 0 Å². The minimum atomic E-state index is -0.305. The summed E-state index contributed by atoms with van der Waals surface area (Å²) in [6, 6.07) is 1.34. The van der Waals surface area contributed by atoms with Gasteiger partial charge in [0.2, 0.25) is 12.2 Å². The van der Waals surface area contributed by atoms with Crippen LogP contribution < -0.4 is 4.74 Å². The Hall–Kier alpha value is -1.69. The number of hydrogen-bond donors (Lipinski definition) is 1. The van der Waals surface area contributed by atoms with Crippen LogP contribution in [-0.2, 0) is 9.59 Å². The number of phenolic OH excluding ortho intramolecular Hbond substituents is 1. The maximum Gasteiger partial charge on any atom is 0.240 e. The Morgan fingerprint density at radius 3 is 2.50 bits per heavy atom. The average Bonchev–Trinajstić information content (AvgIpc) is 2.28. The van der Waals surface area contributed by atoms with Crippen molar-refractivity contribution in [3.05, 3.63) is 9.64 Å². The second-order valence-corrected chi connectivity index (χ2v) is 3.59. The van der Waals surface area contributed by atoms with Gasteiger partial charge in [0.25, 0.3) is 0 Å². The standard InChI is InChI=1S/C9H5IN2O4/c1-16-6-2-5(11-3-13)7(10)8(9(6)15)12-4-14/h2,15H,1H3. The molecule has 0 heterocycles. The first-order valence-electron chi connectivity index (χ1n) is 3.90. The summed E-state index contributed by atoms with van der Waals surface area (Å²) in [5.74, 6) is -0.247. The second-order valence-electron chi connectivity index (χ2n) is 2.52. The number of isocyanates is 2. The van der Waals surface area contributed by atoms with Crippen LogP contribution in [0.5, 0.6) is 11.5 Å². The number of nitrogens with zero attached hydrogens (tertiary/aromatic N) is 2. The van der Waals surface area contributed by atoms with E-state index in [1.54, 1.807) is 22.6 Å². The van der Waals surface area contributed by atoms with Crippen molar-refractivity contribution >= 4 is 46.1 Å². The molecule has 82 valence electrons. The van der Waals surface area contributed by atoms with Crippen LogP contribution in [0.25, 0.3) is 0 Å². The third kappa shape index (κ3) is 2.27. The number of phenols is 1. The molecule has 0 aromatic heterocycles. The number of benzene rings is 1. The summed E-state index contributed by atoms with van der Waals surface area (Å²) in [4.78, 5) is 27.1. The van der Waals surface area contributed by atoms with Gasteiger partial charge < -0.3 is 9.84 Å². The minimum absolute atomic E-state index is 0.0380. The van der Waals surface area contributed by atoms with Crippen LogP contribution in [0, 0.1) is 3.57 Å². The van der Waals surface area contributed by atoms with Crippen molar-refractivity contribution in [3.63, 3.8) is 0 Å². The largest absolute Gasteiger partial charge is 0.503 e. The van der Waals surface area contributed by atoms with Gasteiger partial charge >= 0.3 is 0 Å². The molecule has 1 rings (SSSR count). The lowest BCUT2D eigenvalue weighted by Crippen LogP contribution is -1.86.